The van der Waals surface area contributed by atoms with Gasteiger partial charge in [0, 0.05) is 39.4 Å². The van der Waals surface area contributed by atoms with Crippen LogP contribution in [0.15, 0.2) is 23.3 Å². The van der Waals surface area contributed by atoms with E-state index >= 15 is 0 Å². The number of carbonyl (C=O) groups is 2. The van der Waals surface area contributed by atoms with Crippen molar-refractivity contribution in [2.45, 2.75) is 83.8 Å². The molecular formula is C25H40N2O4. The van der Waals surface area contributed by atoms with E-state index in [9.17, 15) is 9.59 Å². The van der Waals surface area contributed by atoms with Crippen molar-refractivity contribution in [1.82, 2.24) is 9.80 Å². The zero-order chi connectivity index (χ0) is 22.1. The van der Waals surface area contributed by atoms with E-state index in [0.29, 0.717) is 52.2 Å². The predicted octanol–water partition coefficient (Wildman–Crippen LogP) is 3.86. The molecule has 6 nitrogen and oxygen atoms in total. The van der Waals surface area contributed by atoms with E-state index in [1.807, 2.05) is 23.6 Å². The number of amides is 2. The number of rotatable bonds is 10. The van der Waals surface area contributed by atoms with E-state index in [4.69, 9.17) is 9.47 Å². The number of ether oxygens (including phenoxy) is 2. The minimum Gasteiger partial charge on any atom is -0.374 e. The standard InChI is InChI=1S/C25H40N2O4/c1-3-30-22(20-10-5-6-11-20)18-24(28)26-14-9-15-27(17-16-26)25(29)19-23(31-4-2)21-12-7-8-13-21/h10,12,22-23H,3-9,11,13-19H2,1-2H3. The lowest BCUT2D eigenvalue weighted by atomic mass is 10.1. The minimum atomic E-state index is -0.0902. The molecular weight excluding hydrogens is 392 g/mol. The van der Waals surface area contributed by atoms with Crippen LogP contribution in [0.2, 0.25) is 0 Å². The van der Waals surface area contributed by atoms with Crippen molar-refractivity contribution in [2.75, 3.05) is 39.4 Å². The van der Waals surface area contributed by atoms with E-state index < -0.39 is 0 Å². The Morgan fingerprint density at radius 1 is 0.774 bits per heavy atom. The van der Waals surface area contributed by atoms with Gasteiger partial charge in [-0.3, -0.25) is 9.59 Å². The van der Waals surface area contributed by atoms with Gasteiger partial charge in [0.2, 0.25) is 11.8 Å². The lowest BCUT2D eigenvalue weighted by molar-refractivity contribution is -0.136. The topological polar surface area (TPSA) is 59.1 Å². The van der Waals surface area contributed by atoms with Gasteiger partial charge in [-0.15, -0.1) is 0 Å². The smallest absolute Gasteiger partial charge is 0.225 e. The van der Waals surface area contributed by atoms with Crippen molar-refractivity contribution in [3.05, 3.63) is 23.3 Å². The van der Waals surface area contributed by atoms with Crippen LogP contribution in [0.4, 0.5) is 0 Å². The largest absolute Gasteiger partial charge is 0.374 e. The number of nitrogens with zero attached hydrogens (tertiary/aromatic N) is 2. The maximum Gasteiger partial charge on any atom is 0.225 e. The maximum atomic E-state index is 13.0. The Morgan fingerprint density at radius 3 is 1.58 bits per heavy atom. The Morgan fingerprint density at radius 2 is 1.23 bits per heavy atom. The minimum absolute atomic E-state index is 0.0902. The zero-order valence-electron chi connectivity index (χ0n) is 19.4. The molecule has 0 N–H and O–H groups in total. The summed E-state index contributed by atoms with van der Waals surface area (Å²) in [7, 11) is 0. The van der Waals surface area contributed by atoms with Crippen molar-refractivity contribution in [2.24, 2.45) is 0 Å². The van der Waals surface area contributed by atoms with Crippen molar-refractivity contribution in [1.29, 1.82) is 0 Å². The second kappa shape index (κ2) is 12.4. The van der Waals surface area contributed by atoms with Crippen LogP contribution in [-0.2, 0) is 19.1 Å². The Labute approximate surface area is 187 Å². The van der Waals surface area contributed by atoms with Gasteiger partial charge in [0.15, 0.2) is 0 Å². The normalized spacial score (nSPS) is 21.5. The van der Waals surface area contributed by atoms with Gasteiger partial charge in [0.25, 0.3) is 0 Å². The van der Waals surface area contributed by atoms with Crippen LogP contribution in [0.3, 0.4) is 0 Å². The molecule has 1 fully saturated rings. The molecule has 6 heteroatoms. The zero-order valence-corrected chi connectivity index (χ0v) is 19.4. The number of hydrogen-bond acceptors (Lipinski definition) is 4. The summed E-state index contributed by atoms with van der Waals surface area (Å²) in [5, 5.41) is 0. The van der Waals surface area contributed by atoms with Crippen LogP contribution in [0.1, 0.15) is 71.6 Å². The first-order valence-electron chi connectivity index (χ1n) is 12.3. The second-order valence-corrected chi connectivity index (χ2v) is 8.75. The molecule has 1 aliphatic heterocycles. The molecule has 2 unspecified atom stereocenters. The quantitative estimate of drug-likeness (QED) is 0.492. The van der Waals surface area contributed by atoms with E-state index in [-0.39, 0.29) is 24.0 Å². The highest BCUT2D eigenvalue weighted by Gasteiger charge is 2.28. The number of allylic oxidation sites excluding steroid dienone is 2. The van der Waals surface area contributed by atoms with Crippen molar-refractivity contribution in [3.63, 3.8) is 0 Å². The van der Waals surface area contributed by atoms with Gasteiger partial charge >= 0.3 is 0 Å². The third-order valence-corrected chi connectivity index (χ3v) is 6.64. The molecule has 2 aliphatic carbocycles. The third-order valence-electron chi connectivity index (χ3n) is 6.64. The van der Waals surface area contributed by atoms with Gasteiger partial charge in [-0.1, -0.05) is 12.2 Å². The van der Waals surface area contributed by atoms with E-state index in [1.54, 1.807) is 0 Å². The molecule has 1 heterocycles. The summed E-state index contributed by atoms with van der Waals surface area (Å²) in [6.45, 7) is 7.83. The molecule has 0 aromatic rings. The molecule has 0 aromatic carbocycles. The molecule has 31 heavy (non-hydrogen) atoms. The molecule has 3 rings (SSSR count). The Hall–Kier alpha value is -1.66. The fraction of sp³-hybridized carbons (Fsp3) is 0.760. The highest BCUT2D eigenvalue weighted by molar-refractivity contribution is 5.79. The highest BCUT2D eigenvalue weighted by Crippen LogP contribution is 2.26. The van der Waals surface area contributed by atoms with Crippen molar-refractivity contribution in [3.8, 4) is 0 Å². The molecule has 3 aliphatic rings. The first-order chi connectivity index (χ1) is 15.1. The second-order valence-electron chi connectivity index (χ2n) is 8.75. The highest BCUT2D eigenvalue weighted by atomic mass is 16.5. The molecule has 2 amide bonds. The van der Waals surface area contributed by atoms with E-state index in [0.717, 1.165) is 44.9 Å². The van der Waals surface area contributed by atoms with Crippen LogP contribution in [0, 0.1) is 0 Å². The van der Waals surface area contributed by atoms with Crippen LogP contribution >= 0.6 is 0 Å². The summed E-state index contributed by atoms with van der Waals surface area (Å²) in [5.41, 5.74) is 2.56. The Kier molecular flexibility index (Phi) is 9.59. The summed E-state index contributed by atoms with van der Waals surface area (Å²) in [4.78, 5) is 29.8. The van der Waals surface area contributed by atoms with Gasteiger partial charge in [-0.2, -0.15) is 0 Å². The Balaban J connectivity index is 1.51. The lowest BCUT2D eigenvalue weighted by Gasteiger charge is -2.26. The molecule has 174 valence electrons. The number of hydrogen-bond donors (Lipinski definition) is 0. The molecule has 0 aromatic heterocycles. The van der Waals surface area contributed by atoms with Gasteiger partial charge in [-0.25, -0.2) is 0 Å². The summed E-state index contributed by atoms with van der Waals surface area (Å²) in [6, 6.07) is 0. The average molecular weight is 433 g/mol. The molecule has 1 saturated heterocycles. The Bertz CT molecular complexity index is 616. The summed E-state index contributed by atoms with van der Waals surface area (Å²) < 4.78 is 11.8. The summed E-state index contributed by atoms with van der Waals surface area (Å²) in [5.74, 6) is 0.285. The third kappa shape index (κ3) is 6.91. The molecule has 2 atom stereocenters. The van der Waals surface area contributed by atoms with E-state index in [2.05, 4.69) is 12.2 Å². The SMILES string of the molecule is CCOC(CC(=O)N1CCCN(C(=O)CC(OCC)C2=CCCC2)CC1)C1=CCCC1. The van der Waals surface area contributed by atoms with Gasteiger partial charge in [0.1, 0.15) is 0 Å². The van der Waals surface area contributed by atoms with Crippen LogP contribution < -0.4 is 0 Å². The van der Waals surface area contributed by atoms with Crippen LogP contribution in [0.5, 0.6) is 0 Å². The van der Waals surface area contributed by atoms with Crippen LogP contribution in [0.25, 0.3) is 0 Å². The monoisotopic (exact) mass is 432 g/mol. The van der Waals surface area contributed by atoms with Gasteiger partial charge in [-0.05, 0) is 69.9 Å². The summed E-state index contributed by atoms with van der Waals surface area (Å²) >= 11 is 0. The molecule has 0 spiro atoms. The number of carbonyl (C=O) groups excluding carboxylic acids is 2. The van der Waals surface area contributed by atoms with E-state index in [1.165, 1.54) is 11.1 Å². The molecule has 0 bridgehead atoms. The fourth-order valence-electron chi connectivity index (χ4n) is 4.96. The molecule has 0 saturated carbocycles. The molecule has 0 radical (unpaired) electrons. The van der Waals surface area contributed by atoms with Crippen molar-refractivity contribution < 1.29 is 19.1 Å². The first-order valence-corrected chi connectivity index (χ1v) is 12.3. The first kappa shape index (κ1) is 24.0. The van der Waals surface area contributed by atoms with Crippen LogP contribution in [-0.4, -0.2) is 73.2 Å². The fourth-order valence-corrected chi connectivity index (χ4v) is 4.96. The van der Waals surface area contributed by atoms with Gasteiger partial charge < -0.3 is 19.3 Å². The maximum absolute atomic E-state index is 13.0. The lowest BCUT2D eigenvalue weighted by Crippen LogP contribution is -2.39. The average Bonchev–Trinajstić information content (AvgIpc) is 3.43. The summed E-state index contributed by atoms with van der Waals surface area (Å²) in [6.07, 6.45) is 12.5. The van der Waals surface area contributed by atoms with Crippen molar-refractivity contribution >= 4 is 11.8 Å². The predicted molar refractivity (Wildman–Crippen MR) is 122 cm³/mol. The van der Waals surface area contributed by atoms with Gasteiger partial charge in [0.05, 0.1) is 25.0 Å².